The van der Waals surface area contributed by atoms with Crippen LogP contribution >= 0.6 is 0 Å². The average Bonchev–Trinajstić information content (AvgIpc) is 3.57. The first-order chi connectivity index (χ1) is 19.9. The van der Waals surface area contributed by atoms with Crippen LogP contribution < -0.4 is 21.5 Å². The lowest BCUT2D eigenvalue weighted by Crippen LogP contribution is -2.41. The first kappa shape index (κ1) is 28.8. The van der Waals surface area contributed by atoms with Gasteiger partial charge in [0, 0.05) is 47.6 Å². The van der Waals surface area contributed by atoms with Crippen LogP contribution in [-0.2, 0) is 11.0 Å². The molecule has 12 heteroatoms. The number of carbonyl (C=O) groups is 1. The van der Waals surface area contributed by atoms with Crippen LogP contribution in [0.15, 0.2) is 47.4 Å². The zero-order valence-electron chi connectivity index (χ0n) is 24.6. The number of fused-ring (bicyclic) bond motifs is 1. The number of pyridine rings is 1. The largest absolute Gasteiger partial charge is 0.394 e. The quantitative estimate of drug-likeness (QED) is 0.262. The Balaban J connectivity index is 1.41. The molecule has 0 saturated heterocycles. The van der Waals surface area contributed by atoms with Crippen LogP contribution in [0.25, 0.3) is 16.7 Å². The van der Waals surface area contributed by atoms with Crippen molar-refractivity contribution in [2.75, 3.05) is 24.3 Å². The van der Waals surface area contributed by atoms with E-state index in [1.807, 2.05) is 32.9 Å². The van der Waals surface area contributed by atoms with Crippen LogP contribution in [-0.4, -0.2) is 55.1 Å². The van der Waals surface area contributed by atoms with Crippen molar-refractivity contribution in [1.29, 1.82) is 5.26 Å². The number of benzene rings is 1. The number of urea groups is 1. The van der Waals surface area contributed by atoms with Crippen LogP contribution in [0.1, 0.15) is 63.8 Å². The number of hydrogen-bond acceptors (Lipinski definition) is 8. The average molecular weight is 570 g/mol. The van der Waals surface area contributed by atoms with E-state index in [0.29, 0.717) is 46.0 Å². The molecule has 1 aromatic carbocycles. The molecule has 3 heterocycles. The minimum atomic E-state index is -0.911. The Kier molecular flexibility index (Phi) is 7.24. The second-order valence-electron chi connectivity index (χ2n) is 12.2. The molecule has 1 aliphatic carbocycles. The number of nitrogens with one attached hydrogen (secondary N) is 3. The lowest BCUT2D eigenvalue weighted by atomic mass is 9.92. The number of anilines is 2. The summed E-state index contributed by atoms with van der Waals surface area (Å²) >= 11 is 0. The van der Waals surface area contributed by atoms with E-state index in [1.54, 1.807) is 56.0 Å². The van der Waals surface area contributed by atoms with Crippen molar-refractivity contribution in [1.82, 2.24) is 29.6 Å². The van der Waals surface area contributed by atoms with Gasteiger partial charge in [-0.1, -0.05) is 26.8 Å². The van der Waals surface area contributed by atoms with Crippen molar-refractivity contribution in [2.24, 2.45) is 0 Å². The third-order valence-electron chi connectivity index (χ3n) is 7.43. The van der Waals surface area contributed by atoms with Gasteiger partial charge in [-0.25, -0.2) is 14.5 Å². The Morgan fingerprint density at radius 3 is 2.62 bits per heavy atom. The highest BCUT2D eigenvalue weighted by Gasteiger charge is 2.42. The lowest BCUT2D eigenvalue weighted by molar-refractivity contribution is 0.164. The summed E-state index contributed by atoms with van der Waals surface area (Å²) in [6.45, 7) is 9.38. The smallest absolute Gasteiger partial charge is 0.320 e. The predicted octanol–water partition coefficient (Wildman–Crippen LogP) is 3.59. The summed E-state index contributed by atoms with van der Waals surface area (Å²) in [4.78, 5) is 35.7. The summed E-state index contributed by atoms with van der Waals surface area (Å²) in [7, 11) is 1.70. The Hall–Kier alpha value is -4.76. The first-order valence-electron chi connectivity index (χ1n) is 13.8. The molecule has 0 aliphatic heterocycles. The molecule has 218 valence electrons. The van der Waals surface area contributed by atoms with Crippen molar-refractivity contribution in [2.45, 2.75) is 64.0 Å². The zero-order chi connectivity index (χ0) is 30.4. The lowest BCUT2D eigenvalue weighted by Gasteiger charge is -2.27. The monoisotopic (exact) mass is 569 g/mol. The number of hydrogen-bond donors (Lipinski definition) is 4. The van der Waals surface area contributed by atoms with Gasteiger partial charge in [0.15, 0.2) is 0 Å². The van der Waals surface area contributed by atoms with Gasteiger partial charge in [0.1, 0.15) is 11.5 Å². The van der Waals surface area contributed by atoms with E-state index in [1.165, 1.54) is 4.57 Å². The number of nitriles is 1. The van der Waals surface area contributed by atoms with Gasteiger partial charge in [-0.15, -0.1) is 0 Å². The van der Waals surface area contributed by atoms with Crippen molar-refractivity contribution < 1.29 is 9.90 Å². The molecule has 0 spiro atoms. The highest BCUT2D eigenvalue weighted by Crippen LogP contribution is 2.40. The van der Waals surface area contributed by atoms with Gasteiger partial charge in [-0.05, 0) is 44.5 Å². The van der Waals surface area contributed by atoms with Crippen molar-refractivity contribution >= 4 is 28.8 Å². The molecule has 4 N–H and O–H groups in total. The molecule has 3 aromatic heterocycles. The standard InChI is InChI=1S/C30H35N9O3/c1-29(2,3)23-13-24(39(37-23)19-9-7-8-17(10-19)14-31)35-28(42)34-22-12-20(22)21-11-18-15-33-27(32-6)36-25(18)38(26(21)41)30(4,5)16-40/h7-11,13,15,20,22,40H,12,16H2,1-6H3,(H,32,33,36)(H2,34,35,42). The molecule has 1 fully saturated rings. The van der Waals surface area contributed by atoms with E-state index >= 15 is 0 Å². The van der Waals surface area contributed by atoms with Crippen LogP contribution in [0.4, 0.5) is 16.6 Å². The van der Waals surface area contributed by atoms with Crippen molar-refractivity contribution in [3.63, 3.8) is 0 Å². The Morgan fingerprint density at radius 2 is 1.95 bits per heavy atom. The minimum Gasteiger partial charge on any atom is -0.394 e. The molecule has 12 nitrogen and oxygen atoms in total. The van der Waals surface area contributed by atoms with Gasteiger partial charge < -0.3 is 15.7 Å². The van der Waals surface area contributed by atoms with E-state index in [-0.39, 0.29) is 29.5 Å². The first-order valence-corrected chi connectivity index (χ1v) is 13.8. The number of aliphatic hydroxyl groups excluding tert-OH is 1. The van der Waals surface area contributed by atoms with E-state index in [2.05, 4.69) is 32.0 Å². The molecule has 4 aromatic rings. The molecule has 2 amide bonds. The van der Waals surface area contributed by atoms with E-state index in [4.69, 9.17) is 5.10 Å². The SMILES string of the molecule is CNc1ncc2cc(C3CC3NC(=O)Nc3cc(C(C)(C)C)nn3-c3cccc(C#N)c3)c(=O)n(C(C)(C)CO)c2n1. The summed E-state index contributed by atoms with van der Waals surface area (Å²) < 4.78 is 3.13. The fraction of sp³-hybridized carbons (Fsp3) is 0.400. The number of nitrogens with zero attached hydrogens (tertiary/aromatic N) is 6. The molecular formula is C30H35N9O3. The predicted molar refractivity (Wildman–Crippen MR) is 160 cm³/mol. The maximum atomic E-state index is 13.8. The summed E-state index contributed by atoms with van der Waals surface area (Å²) in [5.74, 6) is 0.618. The molecule has 1 aliphatic rings. The Bertz CT molecular complexity index is 1780. The molecular weight excluding hydrogens is 534 g/mol. The van der Waals surface area contributed by atoms with Crippen LogP contribution in [0.2, 0.25) is 0 Å². The van der Waals surface area contributed by atoms with Gasteiger partial charge >= 0.3 is 6.03 Å². The normalized spacial score (nSPS) is 16.6. The molecule has 2 unspecified atom stereocenters. The van der Waals surface area contributed by atoms with Gasteiger partial charge in [0.25, 0.3) is 5.56 Å². The van der Waals surface area contributed by atoms with E-state index in [9.17, 15) is 20.0 Å². The maximum absolute atomic E-state index is 13.8. The third-order valence-corrected chi connectivity index (χ3v) is 7.43. The van der Waals surface area contributed by atoms with E-state index in [0.717, 1.165) is 5.69 Å². The molecule has 0 bridgehead atoms. The fourth-order valence-electron chi connectivity index (χ4n) is 4.90. The third kappa shape index (κ3) is 5.43. The molecule has 42 heavy (non-hydrogen) atoms. The summed E-state index contributed by atoms with van der Waals surface area (Å²) in [6, 6.07) is 12.0. The van der Waals surface area contributed by atoms with Crippen LogP contribution in [0, 0.1) is 11.3 Å². The fourth-order valence-corrected chi connectivity index (χ4v) is 4.90. The number of aromatic nitrogens is 5. The van der Waals surface area contributed by atoms with Gasteiger partial charge in [0.05, 0.1) is 35.2 Å². The highest BCUT2D eigenvalue weighted by molar-refractivity contribution is 5.89. The molecule has 2 atom stereocenters. The van der Waals surface area contributed by atoms with Crippen LogP contribution in [0.5, 0.6) is 0 Å². The minimum absolute atomic E-state index is 0.209. The van der Waals surface area contributed by atoms with Gasteiger partial charge in [-0.3, -0.25) is 14.7 Å². The molecule has 0 radical (unpaired) electrons. The second-order valence-corrected chi connectivity index (χ2v) is 12.2. The topological polar surface area (TPSA) is 163 Å². The van der Waals surface area contributed by atoms with Gasteiger partial charge in [0.2, 0.25) is 5.95 Å². The number of amides is 2. The molecule has 1 saturated carbocycles. The summed E-state index contributed by atoms with van der Waals surface area (Å²) in [5.41, 5.74) is 1.41. The van der Waals surface area contributed by atoms with Crippen LogP contribution in [0.3, 0.4) is 0 Å². The second kappa shape index (κ2) is 10.6. The molecule has 5 rings (SSSR count). The van der Waals surface area contributed by atoms with Crippen molar-refractivity contribution in [3.05, 3.63) is 69.8 Å². The van der Waals surface area contributed by atoms with E-state index < -0.39 is 11.6 Å². The number of rotatable bonds is 7. The highest BCUT2D eigenvalue weighted by atomic mass is 16.3. The number of aliphatic hydroxyl groups is 1. The van der Waals surface area contributed by atoms with Gasteiger partial charge in [-0.2, -0.15) is 15.3 Å². The maximum Gasteiger partial charge on any atom is 0.320 e. The Morgan fingerprint density at radius 1 is 1.19 bits per heavy atom. The van der Waals surface area contributed by atoms with Crippen molar-refractivity contribution in [3.8, 4) is 11.8 Å². The summed E-state index contributed by atoms with van der Waals surface area (Å²) in [5, 5.41) is 33.6. The summed E-state index contributed by atoms with van der Waals surface area (Å²) in [6.07, 6.45) is 2.23. The Labute approximate surface area is 243 Å². The zero-order valence-corrected chi connectivity index (χ0v) is 24.6. The number of carbonyl (C=O) groups excluding carboxylic acids is 1.